The summed E-state index contributed by atoms with van der Waals surface area (Å²) in [6, 6.07) is 9.73. The molecule has 0 radical (unpaired) electrons. The maximum Gasteiger partial charge on any atom is 0.353 e. The summed E-state index contributed by atoms with van der Waals surface area (Å²) >= 11 is 0. The van der Waals surface area contributed by atoms with Gasteiger partial charge in [-0.2, -0.15) is 0 Å². The van der Waals surface area contributed by atoms with Crippen molar-refractivity contribution in [3.05, 3.63) is 52.3 Å². The first kappa shape index (κ1) is 17.1. The summed E-state index contributed by atoms with van der Waals surface area (Å²) in [5.41, 5.74) is 1.01. The zero-order chi connectivity index (χ0) is 17.6. The van der Waals surface area contributed by atoms with Crippen molar-refractivity contribution in [3.63, 3.8) is 0 Å². The minimum absolute atomic E-state index is 0.0350. The van der Waals surface area contributed by atoms with Gasteiger partial charge in [0.15, 0.2) is 0 Å². The predicted octanol–water partition coefficient (Wildman–Crippen LogP) is 3.94. The van der Waals surface area contributed by atoms with E-state index in [4.69, 9.17) is 0 Å². The molecule has 7 heteroatoms. The van der Waals surface area contributed by atoms with Gasteiger partial charge in [0.05, 0.1) is 11.0 Å². The minimum atomic E-state index is -0.375. The van der Waals surface area contributed by atoms with Crippen molar-refractivity contribution < 1.29 is 4.92 Å². The van der Waals surface area contributed by atoms with E-state index in [1.54, 1.807) is 0 Å². The van der Waals surface area contributed by atoms with E-state index in [0.29, 0.717) is 5.82 Å². The lowest BCUT2D eigenvalue weighted by Crippen LogP contribution is -2.26. The molecule has 1 fully saturated rings. The molecule has 132 valence electrons. The number of nitro groups is 1. The van der Waals surface area contributed by atoms with Gasteiger partial charge in [0, 0.05) is 13.1 Å². The van der Waals surface area contributed by atoms with Crippen LogP contribution in [0.25, 0.3) is 0 Å². The molecule has 1 saturated heterocycles. The molecule has 1 atom stereocenters. The average Bonchev–Trinajstić information content (AvgIpc) is 2.91. The standard InChI is InChI=1S/C18H23N5O2/c1-14(15-9-5-4-6-10-15)21-17-16(23(24)25)18(20-13-19-17)22-11-7-2-3-8-12-22/h4-6,9-10,13-14H,2-3,7-8,11-12H2,1H3,(H,19,20,21). The van der Waals surface area contributed by atoms with Crippen molar-refractivity contribution in [1.29, 1.82) is 0 Å². The SMILES string of the molecule is CC(Nc1ncnc(N2CCCCCC2)c1[N+](=O)[O-])c1ccccc1. The van der Waals surface area contributed by atoms with E-state index in [2.05, 4.69) is 15.3 Å². The molecule has 1 N–H and O–H groups in total. The molecule has 0 bridgehead atoms. The van der Waals surface area contributed by atoms with Crippen LogP contribution in [-0.4, -0.2) is 28.0 Å². The number of rotatable bonds is 5. The normalized spacial score (nSPS) is 16.1. The van der Waals surface area contributed by atoms with E-state index in [9.17, 15) is 10.1 Å². The topological polar surface area (TPSA) is 84.2 Å². The average molecular weight is 341 g/mol. The number of benzene rings is 1. The van der Waals surface area contributed by atoms with Gasteiger partial charge in [0.25, 0.3) is 0 Å². The van der Waals surface area contributed by atoms with Crippen LogP contribution in [0.4, 0.5) is 17.3 Å². The van der Waals surface area contributed by atoms with Gasteiger partial charge in [-0.3, -0.25) is 10.1 Å². The van der Waals surface area contributed by atoms with Crippen LogP contribution in [0.5, 0.6) is 0 Å². The van der Waals surface area contributed by atoms with Gasteiger partial charge in [0.2, 0.25) is 11.6 Å². The second-order valence-electron chi connectivity index (χ2n) is 6.33. The third-order valence-electron chi connectivity index (χ3n) is 4.54. The second kappa shape index (κ2) is 7.92. The number of nitrogens with one attached hydrogen (secondary N) is 1. The quantitative estimate of drug-likeness (QED) is 0.655. The van der Waals surface area contributed by atoms with E-state index in [1.165, 1.54) is 6.33 Å². The van der Waals surface area contributed by atoms with Crippen molar-refractivity contribution in [3.8, 4) is 0 Å². The van der Waals surface area contributed by atoms with Crippen molar-refractivity contribution >= 4 is 17.3 Å². The van der Waals surface area contributed by atoms with Crippen LogP contribution >= 0.6 is 0 Å². The number of hydrogen-bond acceptors (Lipinski definition) is 6. The van der Waals surface area contributed by atoms with Crippen LogP contribution in [0.2, 0.25) is 0 Å². The van der Waals surface area contributed by atoms with Gasteiger partial charge in [-0.25, -0.2) is 9.97 Å². The first-order valence-electron chi connectivity index (χ1n) is 8.72. The van der Waals surface area contributed by atoms with Crippen LogP contribution in [0.15, 0.2) is 36.7 Å². The highest BCUT2D eigenvalue weighted by molar-refractivity contribution is 5.70. The van der Waals surface area contributed by atoms with Crippen LogP contribution in [-0.2, 0) is 0 Å². The highest BCUT2D eigenvalue weighted by Crippen LogP contribution is 2.34. The Morgan fingerprint density at radius 1 is 1.12 bits per heavy atom. The van der Waals surface area contributed by atoms with Crippen LogP contribution in [0.3, 0.4) is 0 Å². The number of anilines is 2. The van der Waals surface area contributed by atoms with Gasteiger partial charge in [-0.15, -0.1) is 0 Å². The number of nitrogens with zero attached hydrogens (tertiary/aromatic N) is 4. The molecule has 0 amide bonds. The third kappa shape index (κ3) is 4.04. The Morgan fingerprint density at radius 2 is 1.80 bits per heavy atom. The molecule has 7 nitrogen and oxygen atoms in total. The fraction of sp³-hybridized carbons (Fsp3) is 0.444. The fourth-order valence-electron chi connectivity index (χ4n) is 3.19. The van der Waals surface area contributed by atoms with E-state index in [-0.39, 0.29) is 22.5 Å². The van der Waals surface area contributed by atoms with Crippen molar-refractivity contribution in [2.45, 2.75) is 38.6 Å². The van der Waals surface area contributed by atoms with Gasteiger partial charge in [0.1, 0.15) is 6.33 Å². The van der Waals surface area contributed by atoms with E-state index >= 15 is 0 Å². The summed E-state index contributed by atoms with van der Waals surface area (Å²) < 4.78 is 0. The highest BCUT2D eigenvalue weighted by atomic mass is 16.6. The Hall–Kier alpha value is -2.70. The Labute approximate surface area is 147 Å². The highest BCUT2D eigenvalue weighted by Gasteiger charge is 2.28. The monoisotopic (exact) mass is 341 g/mol. The van der Waals surface area contributed by atoms with Gasteiger partial charge in [-0.1, -0.05) is 43.2 Å². The maximum atomic E-state index is 11.7. The van der Waals surface area contributed by atoms with Crippen LogP contribution in [0, 0.1) is 10.1 Å². The Kier molecular flexibility index (Phi) is 5.42. The molecule has 3 rings (SSSR count). The Morgan fingerprint density at radius 3 is 2.44 bits per heavy atom. The van der Waals surface area contributed by atoms with Crippen molar-refractivity contribution in [1.82, 2.24) is 9.97 Å². The minimum Gasteiger partial charge on any atom is -0.358 e. The smallest absolute Gasteiger partial charge is 0.353 e. The van der Waals surface area contributed by atoms with E-state index < -0.39 is 0 Å². The van der Waals surface area contributed by atoms with E-state index in [1.807, 2.05) is 42.2 Å². The fourth-order valence-corrected chi connectivity index (χ4v) is 3.19. The Bertz CT molecular complexity index is 715. The third-order valence-corrected chi connectivity index (χ3v) is 4.54. The lowest BCUT2D eigenvalue weighted by Gasteiger charge is -2.22. The summed E-state index contributed by atoms with van der Waals surface area (Å²) in [6.45, 7) is 3.56. The van der Waals surface area contributed by atoms with Crippen LogP contribution in [0.1, 0.15) is 44.2 Å². The first-order chi connectivity index (χ1) is 12.2. The van der Waals surface area contributed by atoms with E-state index in [0.717, 1.165) is 44.3 Å². The predicted molar refractivity (Wildman–Crippen MR) is 97.8 cm³/mol. The van der Waals surface area contributed by atoms with Gasteiger partial charge >= 0.3 is 5.69 Å². The molecular weight excluding hydrogens is 318 g/mol. The molecule has 1 unspecified atom stereocenters. The summed E-state index contributed by atoms with van der Waals surface area (Å²) in [4.78, 5) is 21.8. The summed E-state index contributed by atoms with van der Waals surface area (Å²) in [6.07, 6.45) is 5.79. The molecule has 0 aliphatic carbocycles. The molecule has 0 saturated carbocycles. The molecule has 1 aliphatic rings. The second-order valence-corrected chi connectivity index (χ2v) is 6.33. The molecule has 2 aromatic rings. The zero-order valence-electron chi connectivity index (χ0n) is 14.4. The lowest BCUT2D eigenvalue weighted by atomic mass is 10.1. The Balaban J connectivity index is 1.91. The largest absolute Gasteiger partial charge is 0.358 e. The summed E-state index contributed by atoms with van der Waals surface area (Å²) in [5, 5.41) is 14.9. The van der Waals surface area contributed by atoms with Gasteiger partial charge < -0.3 is 10.2 Å². The summed E-state index contributed by atoms with van der Waals surface area (Å²) in [5.74, 6) is 0.695. The van der Waals surface area contributed by atoms with Crippen LogP contribution < -0.4 is 10.2 Å². The number of aromatic nitrogens is 2. The maximum absolute atomic E-state index is 11.7. The van der Waals surface area contributed by atoms with Crippen molar-refractivity contribution in [2.75, 3.05) is 23.3 Å². The molecule has 0 spiro atoms. The number of hydrogen-bond donors (Lipinski definition) is 1. The molecule has 1 aliphatic heterocycles. The molecule has 1 aromatic heterocycles. The molecule has 2 heterocycles. The zero-order valence-corrected chi connectivity index (χ0v) is 14.4. The molecular formula is C18H23N5O2. The van der Waals surface area contributed by atoms with Crippen molar-refractivity contribution in [2.24, 2.45) is 0 Å². The molecule has 1 aromatic carbocycles. The summed E-state index contributed by atoms with van der Waals surface area (Å²) in [7, 11) is 0. The molecule has 25 heavy (non-hydrogen) atoms. The lowest BCUT2D eigenvalue weighted by molar-refractivity contribution is -0.383. The van der Waals surface area contributed by atoms with Gasteiger partial charge in [-0.05, 0) is 25.3 Å². The first-order valence-corrected chi connectivity index (χ1v) is 8.72.